The van der Waals surface area contributed by atoms with Crippen LogP contribution in [0.5, 0.6) is 0 Å². The van der Waals surface area contributed by atoms with E-state index in [1.165, 1.54) is 4.70 Å². The van der Waals surface area contributed by atoms with Gasteiger partial charge in [0.05, 0.1) is 22.8 Å². The van der Waals surface area contributed by atoms with Gasteiger partial charge in [0.1, 0.15) is 5.01 Å². The minimum Gasteiger partial charge on any atom is -0.424 e. The van der Waals surface area contributed by atoms with E-state index in [0.717, 1.165) is 29.4 Å². The number of para-hydroxylation sites is 1. The van der Waals surface area contributed by atoms with Crippen molar-refractivity contribution >= 4 is 21.6 Å². The first-order chi connectivity index (χ1) is 11.0. The standard InChI is InChI=1S/C17H22N4OS/c1-11(2)9-15-19-20-17(22-15)12(3)21(4)10-16-18-13-7-5-6-8-14(13)23-16/h5-8,11-12H,9-10H2,1-4H3/t12-/m1/s1. The Labute approximate surface area is 140 Å². The Hall–Kier alpha value is -1.79. The SMILES string of the molecule is CC(C)Cc1nnc([C@@H](C)N(C)Cc2nc3ccccc3s2)o1. The van der Waals surface area contributed by atoms with Crippen molar-refractivity contribution in [1.82, 2.24) is 20.1 Å². The van der Waals surface area contributed by atoms with Gasteiger partial charge in [-0.15, -0.1) is 21.5 Å². The van der Waals surface area contributed by atoms with Crippen LogP contribution in [0.1, 0.15) is 43.6 Å². The van der Waals surface area contributed by atoms with Crippen molar-refractivity contribution in [2.24, 2.45) is 5.92 Å². The number of benzene rings is 1. The molecule has 0 aliphatic rings. The first-order valence-corrected chi connectivity index (χ1v) is 8.71. The molecule has 23 heavy (non-hydrogen) atoms. The average Bonchev–Trinajstić information content (AvgIpc) is 3.11. The molecule has 3 aromatic rings. The highest BCUT2D eigenvalue weighted by molar-refractivity contribution is 7.18. The van der Waals surface area contributed by atoms with Crippen LogP contribution < -0.4 is 0 Å². The molecule has 0 N–H and O–H groups in total. The van der Waals surface area contributed by atoms with E-state index in [0.29, 0.717) is 11.8 Å². The summed E-state index contributed by atoms with van der Waals surface area (Å²) in [5.41, 5.74) is 1.06. The number of rotatable bonds is 6. The summed E-state index contributed by atoms with van der Waals surface area (Å²) in [6.07, 6.45) is 0.821. The second-order valence-electron chi connectivity index (χ2n) is 6.30. The van der Waals surface area contributed by atoms with Crippen molar-refractivity contribution in [3.05, 3.63) is 41.1 Å². The molecule has 6 heteroatoms. The molecule has 0 saturated carbocycles. The molecule has 0 aliphatic carbocycles. The highest BCUT2D eigenvalue weighted by Crippen LogP contribution is 2.25. The summed E-state index contributed by atoms with van der Waals surface area (Å²) in [4.78, 5) is 6.87. The second kappa shape index (κ2) is 6.76. The molecule has 2 heterocycles. The Morgan fingerprint density at radius 3 is 2.70 bits per heavy atom. The molecule has 122 valence electrons. The van der Waals surface area contributed by atoms with Crippen molar-refractivity contribution < 1.29 is 4.42 Å². The van der Waals surface area contributed by atoms with Gasteiger partial charge in [0.15, 0.2) is 0 Å². The molecular formula is C17H22N4OS. The van der Waals surface area contributed by atoms with Crippen LogP contribution in [0.4, 0.5) is 0 Å². The zero-order chi connectivity index (χ0) is 16.4. The molecule has 3 rings (SSSR count). The molecule has 0 bridgehead atoms. The molecule has 1 atom stereocenters. The zero-order valence-corrected chi connectivity index (χ0v) is 14.8. The maximum atomic E-state index is 5.79. The van der Waals surface area contributed by atoms with E-state index in [4.69, 9.17) is 4.42 Å². The zero-order valence-electron chi connectivity index (χ0n) is 14.0. The average molecular weight is 330 g/mol. The largest absolute Gasteiger partial charge is 0.424 e. The lowest BCUT2D eigenvalue weighted by atomic mass is 10.1. The van der Waals surface area contributed by atoms with Crippen molar-refractivity contribution in [2.75, 3.05) is 7.05 Å². The fraction of sp³-hybridized carbons (Fsp3) is 0.471. The third kappa shape index (κ3) is 3.76. The molecule has 0 spiro atoms. The number of aromatic nitrogens is 3. The van der Waals surface area contributed by atoms with E-state index < -0.39 is 0 Å². The predicted molar refractivity (Wildman–Crippen MR) is 92.3 cm³/mol. The van der Waals surface area contributed by atoms with Gasteiger partial charge in [-0.2, -0.15) is 0 Å². The summed E-state index contributed by atoms with van der Waals surface area (Å²) in [6.45, 7) is 7.14. The van der Waals surface area contributed by atoms with Gasteiger partial charge < -0.3 is 4.42 Å². The Morgan fingerprint density at radius 2 is 1.96 bits per heavy atom. The van der Waals surface area contributed by atoms with Crippen molar-refractivity contribution in [2.45, 2.75) is 39.8 Å². The van der Waals surface area contributed by atoms with Crippen LogP contribution in [-0.2, 0) is 13.0 Å². The first kappa shape index (κ1) is 16.1. The van der Waals surface area contributed by atoms with Gasteiger partial charge in [-0.05, 0) is 32.0 Å². The third-order valence-electron chi connectivity index (χ3n) is 3.81. The molecule has 0 radical (unpaired) electrons. The second-order valence-corrected chi connectivity index (χ2v) is 7.41. The summed E-state index contributed by atoms with van der Waals surface area (Å²) in [5, 5.41) is 9.44. The predicted octanol–water partition coefficient (Wildman–Crippen LogP) is 4.07. The molecular weight excluding hydrogens is 308 g/mol. The molecule has 0 unspecified atom stereocenters. The number of nitrogens with zero attached hydrogens (tertiary/aromatic N) is 4. The third-order valence-corrected chi connectivity index (χ3v) is 4.83. The number of hydrogen-bond donors (Lipinski definition) is 0. The maximum Gasteiger partial charge on any atom is 0.233 e. The molecule has 1 aromatic carbocycles. The van der Waals surface area contributed by atoms with Crippen molar-refractivity contribution in [3.8, 4) is 0 Å². The van der Waals surface area contributed by atoms with E-state index >= 15 is 0 Å². The van der Waals surface area contributed by atoms with Gasteiger partial charge in [-0.25, -0.2) is 4.98 Å². The lowest BCUT2D eigenvalue weighted by Crippen LogP contribution is -2.22. The topological polar surface area (TPSA) is 55.1 Å². The number of hydrogen-bond acceptors (Lipinski definition) is 6. The van der Waals surface area contributed by atoms with Crippen LogP contribution in [0.25, 0.3) is 10.2 Å². The van der Waals surface area contributed by atoms with Gasteiger partial charge >= 0.3 is 0 Å². The molecule has 0 amide bonds. The summed E-state index contributed by atoms with van der Waals surface area (Å²) in [6, 6.07) is 8.29. The fourth-order valence-electron chi connectivity index (χ4n) is 2.39. The highest BCUT2D eigenvalue weighted by atomic mass is 32.1. The number of thiazole rings is 1. The van der Waals surface area contributed by atoms with Crippen LogP contribution in [0.3, 0.4) is 0 Å². The van der Waals surface area contributed by atoms with E-state index in [1.54, 1.807) is 11.3 Å². The minimum absolute atomic E-state index is 0.0652. The molecule has 0 saturated heterocycles. The van der Waals surface area contributed by atoms with Crippen LogP contribution in [0.2, 0.25) is 0 Å². The Kier molecular flexibility index (Phi) is 4.73. The summed E-state index contributed by atoms with van der Waals surface area (Å²) in [5.74, 6) is 1.90. The van der Waals surface area contributed by atoms with Gasteiger partial charge in [0, 0.05) is 6.42 Å². The van der Waals surface area contributed by atoms with Crippen LogP contribution in [-0.4, -0.2) is 27.1 Å². The molecule has 5 nitrogen and oxygen atoms in total. The smallest absolute Gasteiger partial charge is 0.233 e. The van der Waals surface area contributed by atoms with Gasteiger partial charge in [-0.3, -0.25) is 4.90 Å². The Balaban J connectivity index is 1.69. The molecule has 2 aromatic heterocycles. The van der Waals surface area contributed by atoms with Gasteiger partial charge in [-0.1, -0.05) is 26.0 Å². The van der Waals surface area contributed by atoms with Crippen LogP contribution >= 0.6 is 11.3 Å². The fourth-order valence-corrected chi connectivity index (χ4v) is 3.42. The van der Waals surface area contributed by atoms with E-state index in [2.05, 4.69) is 60.0 Å². The van der Waals surface area contributed by atoms with Gasteiger partial charge in [0.2, 0.25) is 11.8 Å². The van der Waals surface area contributed by atoms with Crippen molar-refractivity contribution in [1.29, 1.82) is 0 Å². The van der Waals surface area contributed by atoms with Crippen LogP contribution in [0.15, 0.2) is 28.7 Å². The molecule has 0 fully saturated rings. The van der Waals surface area contributed by atoms with Gasteiger partial charge in [0.25, 0.3) is 0 Å². The maximum absolute atomic E-state index is 5.79. The van der Waals surface area contributed by atoms with E-state index in [9.17, 15) is 0 Å². The quantitative estimate of drug-likeness (QED) is 0.682. The van der Waals surface area contributed by atoms with E-state index in [-0.39, 0.29) is 6.04 Å². The normalized spacial score (nSPS) is 13.3. The minimum atomic E-state index is 0.0652. The Morgan fingerprint density at radius 1 is 1.17 bits per heavy atom. The molecule has 0 aliphatic heterocycles. The van der Waals surface area contributed by atoms with E-state index in [1.807, 2.05) is 12.1 Å². The monoisotopic (exact) mass is 330 g/mol. The Bertz CT molecular complexity index is 747. The lowest BCUT2D eigenvalue weighted by molar-refractivity contribution is 0.213. The highest BCUT2D eigenvalue weighted by Gasteiger charge is 2.20. The first-order valence-electron chi connectivity index (χ1n) is 7.90. The van der Waals surface area contributed by atoms with Crippen LogP contribution in [0, 0.1) is 5.92 Å². The summed E-state index contributed by atoms with van der Waals surface area (Å²) < 4.78 is 7.02. The number of fused-ring (bicyclic) bond motifs is 1. The summed E-state index contributed by atoms with van der Waals surface area (Å²) in [7, 11) is 2.06. The summed E-state index contributed by atoms with van der Waals surface area (Å²) >= 11 is 1.73. The lowest BCUT2D eigenvalue weighted by Gasteiger charge is -2.20. The van der Waals surface area contributed by atoms with Crippen molar-refractivity contribution in [3.63, 3.8) is 0 Å².